The molecule has 2 rings (SSSR count). The summed E-state index contributed by atoms with van der Waals surface area (Å²) >= 11 is 0. The number of anilines is 1. The molecule has 0 bridgehead atoms. The van der Waals surface area contributed by atoms with Gasteiger partial charge in [-0.3, -0.25) is 0 Å². The Hall–Kier alpha value is -1.16. The Bertz CT molecular complexity index is 430. The predicted molar refractivity (Wildman–Crippen MR) is 79.5 cm³/mol. The lowest BCUT2D eigenvalue weighted by molar-refractivity contribution is 0.372. The van der Waals surface area contributed by atoms with Gasteiger partial charge in [-0.2, -0.15) is 0 Å². The Labute approximate surface area is 116 Å². The Balaban J connectivity index is 2.24. The fourth-order valence-electron chi connectivity index (χ4n) is 2.80. The summed E-state index contributed by atoms with van der Waals surface area (Å²) in [5.41, 5.74) is 7.30. The third kappa shape index (κ3) is 3.24. The minimum absolute atomic E-state index is 0.261. The van der Waals surface area contributed by atoms with Gasteiger partial charge in [0.25, 0.3) is 0 Å². The third-order valence-electron chi connectivity index (χ3n) is 4.01. The molecule has 1 aromatic heterocycles. The van der Waals surface area contributed by atoms with Crippen LogP contribution in [0.5, 0.6) is 0 Å². The summed E-state index contributed by atoms with van der Waals surface area (Å²) in [6, 6.07) is 2.73. The van der Waals surface area contributed by atoms with E-state index in [1.165, 1.54) is 12.8 Å². The summed E-state index contributed by atoms with van der Waals surface area (Å²) in [4.78, 5) is 11.5. The minimum Gasteiger partial charge on any atom is -0.355 e. The van der Waals surface area contributed by atoms with Crippen molar-refractivity contribution in [3.8, 4) is 0 Å². The fraction of sp³-hybridized carbons (Fsp3) is 0.733. The van der Waals surface area contributed by atoms with Crippen molar-refractivity contribution in [2.24, 2.45) is 5.73 Å². The molecule has 2 N–H and O–H groups in total. The van der Waals surface area contributed by atoms with Crippen molar-refractivity contribution in [2.75, 3.05) is 11.9 Å². The standard InChI is InChI=1S/C15H26N4/c1-10(2)15-17-11(3)9-14(18-15)19(4)13-8-6-5-7-12(13)16/h9-10,12-13H,5-8,16H2,1-4H3. The SMILES string of the molecule is Cc1cc(N(C)C2CCCCC2N)nc(C(C)C)n1. The monoisotopic (exact) mass is 262 g/mol. The predicted octanol–water partition coefficient (Wildman–Crippen LogP) is 2.61. The highest BCUT2D eigenvalue weighted by Gasteiger charge is 2.26. The minimum atomic E-state index is 0.261. The van der Waals surface area contributed by atoms with Gasteiger partial charge in [0.1, 0.15) is 11.6 Å². The van der Waals surface area contributed by atoms with Crippen LogP contribution in [-0.2, 0) is 0 Å². The maximum absolute atomic E-state index is 6.27. The van der Waals surface area contributed by atoms with E-state index in [0.717, 1.165) is 30.2 Å². The van der Waals surface area contributed by atoms with Crippen molar-refractivity contribution in [1.82, 2.24) is 9.97 Å². The Morgan fingerprint density at radius 1 is 1.26 bits per heavy atom. The quantitative estimate of drug-likeness (QED) is 0.909. The van der Waals surface area contributed by atoms with Gasteiger partial charge in [0.2, 0.25) is 0 Å². The lowest BCUT2D eigenvalue weighted by Gasteiger charge is -2.37. The summed E-state index contributed by atoms with van der Waals surface area (Å²) in [5.74, 6) is 2.29. The molecule has 0 aromatic carbocycles. The van der Waals surface area contributed by atoms with Crippen LogP contribution in [0.4, 0.5) is 5.82 Å². The van der Waals surface area contributed by atoms with Crippen LogP contribution in [0.2, 0.25) is 0 Å². The fourth-order valence-corrected chi connectivity index (χ4v) is 2.80. The molecule has 1 aliphatic carbocycles. The summed E-state index contributed by atoms with van der Waals surface area (Å²) in [7, 11) is 2.11. The number of aryl methyl sites for hydroxylation is 1. The van der Waals surface area contributed by atoms with Crippen molar-refractivity contribution in [1.29, 1.82) is 0 Å². The number of nitrogens with two attached hydrogens (primary N) is 1. The zero-order valence-electron chi connectivity index (χ0n) is 12.6. The highest BCUT2D eigenvalue weighted by Crippen LogP contribution is 2.25. The van der Waals surface area contributed by atoms with E-state index in [2.05, 4.69) is 36.8 Å². The van der Waals surface area contributed by atoms with Crippen LogP contribution in [0.25, 0.3) is 0 Å². The Morgan fingerprint density at radius 2 is 1.95 bits per heavy atom. The lowest BCUT2D eigenvalue weighted by Crippen LogP contribution is -2.48. The first-order valence-electron chi connectivity index (χ1n) is 7.33. The summed E-state index contributed by atoms with van der Waals surface area (Å²) in [5, 5.41) is 0. The molecule has 2 atom stereocenters. The van der Waals surface area contributed by atoms with Crippen LogP contribution in [0, 0.1) is 6.92 Å². The van der Waals surface area contributed by atoms with Crippen LogP contribution in [0.3, 0.4) is 0 Å². The van der Waals surface area contributed by atoms with Crippen LogP contribution in [0.1, 0.15) is 57.0 Å². The van der Waals surface area contributed by atoms with E-state index < -0.39 is 0 Å². The number of hydrogen-bond acceptors (Lipinski definition) is 4. The number of rotatable bonds is 3. The van der Waals surface area contributed by atoms with Gasteiger partial charge in [-0.05, 0) is 19.8 Å². The van der Waals surface area contributed by atoms with E-state index in [9.17, 15) is 0 Å². The van der Waals surface area contributed by atoms with E-state index in [4.69, 9.17) is 10.7 Å². The second-order valence-corrected chi connectivity index (χ2v) is 6.01. The van der Waals surface area contributed by atoms with Gasteiger partial charge in [-0.15, -0.1) is 0 Å². The molecule has 106 valence electrons. The van der Waals surface area contributed by atoms with Crippen LogP contribution in [-0.4, -0.2) is 29.1 Å². The molecule has 0 amide bonds. The van der Waals surface area contributed by atoms with Gasteiger partial charge >= 0.3 is 0 Å². The molecule has 4 heteroatoms. The number of nitrogens with zero attached hydrogens (tertiary/aromatic N) is 3. The average molecular weight is 262 g/mol. The Morgan fingerprint density at radius 3 is 2.58 bits per heavy atom. The van der Waals surface area contributed by atoms with Crippen molar-refractivity contribution in [3.63, 3.8) is 0 Å². The first-order chi connectivity index (χ1) is 8.99. The van der Waals surface area contributed by atoms with E-state index in [0.29, 0.717) is 12.0 Å². The van der Waals surface area contributed by atoms with Crippen LogP contribution in [0.15, 0.2) is 6.07 Å². The third-order valence-corrected chi connectivity index (χ3v) is 4.01. The van der Waals surface area contributed by atoms with Gasteiger partial charge < -0.3 is 10.6 Å². The number of likely N-dealkylation sites (N-methyl/N-ethyl adjacent to an activating group) is 1. The van der Waals surface area contributed by atoms with Crippen molar-refractivity contribution >= 4 is 5.82 Å². The molecule has 0 radical (unpaired) electrons. The second-order valence-electron chi connectivity index (χ2n) is 6.01. The molecule has 0 aliphatic heterocycles. The molecule has 0 spiro atoms. The second kappa shape index (κ2) is 5.87. The number of aromatic nitrogens is 2. The van der Waals surface area contributed by atoms with Gasteiger partial charge in [0.05, 0.1) is 0 Å². The molecular formula is C15H26N4. The largest absolute Gasteiger partial charge is 0.355 e. The van der Waals surface area contributed by atoms with E-state index in [-0.39, 0.29) is 6.04 Å². The topological polar surface area (TPSA) is 55.0 Å². The van der Waals surface area contributed by atoms with Crippen molar-refractivity contribution in [2.45, 2.75) is 64.5 Å². The highest BCUT2D eigenvalue weighted by atomic mass is 15.2. The molecule has 4 nitrogen and oxygen atoms in total. The molecular weight excluding hydrogens is 236 g/mol. The summed E-state index contributed by atoms with van der Waals surface area (Å²) < 4.78 is 0. The molecule has 1 saturated carbocycles. The normalized spacial score (nSPS) is 23.7. The molecule has 0 saturated heterocycles. The summed E-state index contributed by atoms with van der Waals surface area (Å²) in [6.07, 6.45) is 4.81. The zero-order chi connectivity index (χ0) is 14.0. The zero-order valence-corrected chi connectivity index (χ0v) is 12.6. The van der Waals surface area contributed by atoms with Gasteiger partial charge in [0, 0.05) is 36.8 Å². The first-order valence-corrected chi connectivity index (χ1v) is 7.33. The number of hydrogen-bond donors (Lipinski definition) is 1. The van der Waals surface area contributed by atoms with Gasteiger partial charge in [0.15, 0.2) is 0 Å². The van der Waals surface area contributed by atoms with E-state index >= 15 is 0 Å². The average Bonchev–Trinajstić information content (AvgIpc) is 2.37. The van der Waals surface area contributed by atoms with E-state index in [1.807, 2.05) is 6.92 Å². The maximum atomic E-state index is 6.27. The van der Waals surface area contributed by atoms with Crippen LogP contribution < -0.4 is 10.6 Å². The van der Waals surface area contributed by atoms with Gasteiger partial charge in [-0.25, -0.2) is 9.97 Å². The van der Waals surface area contributed by atoms with E-state index in [1.54, 1.807) is 0 Å². The Kier molecular flexibility index (Phi) is 4.40. The molecule has 1 aromatic rings. The summed E-state index contributed by atoms with van der Waals surface area (Å²) in [6.45, 7) is 6.29. The van der Waals surface area contributed by atoms with Crippen molar-refractivity contribution in [3.05, 3.63) is 17.6 Å². The molecule has 2 unspecified atom stereocenters. The lowest BCUT2D eigenvalue weighted by atomic mass is 9.90. The molecule has 1 aliphatic rings. The molecule has 1 fully saturated rings. The first kappa shape index (κ1) is 14.3. The molecule has 1 heterocycles. The van der Waals surface area contributed by atoms with Crippen LogP contribution >= 0.6 is 0 Å². The molecule has 19 heavy (non-hydrogen) atoms. The van der Waals surface area contributed by atoms with Gasteiger partial charge in [-0.1, -0.05) is 26.7 Å². The highest BCUT2D eigenvalue weighted by molar-refractivity contribution is 5.41. The maximum Gasteiger partial charge on any atom is 0.133 e. The smallest absolute Gasteiger partial charge is 0.133 e. The van der Waals surface area contributed by atoms with Crippen molar-refractivity contribution < 1.29 is 0 Å².